The minimum absolute atomic E-state index is 0.303. The number of pyridine rings is 6. The van der Waals surface area contributed by atoms with Crippen molar-refractivity contribution in [3.05, 3.63) is 316 Å². The van der Waals surface area contributed by atoms with Crippen LogP contribution in [0.15, 0.2) is 183 Å². The molecule has 528 valence electrons. The molecule has 6 heteroatoms. The van der Waals surface area contributed by atoms with Gasteiger partial charge in [0, 0.05) is 114 Å². The lowest BCUT2D eigenvalue weighted by molar-refractivity contribution is -0.660. The van der Waals surface area contributed by atoms with Crippen LogP contribution in [0.25, 0.3) is 67.5 Å². The zero-order valence-corrected chi connectivity index (χ0v) is 66.0. The Labute approximate surface area is 632 Å². The van der Waals surface area contributed by atoms with E-state index in [0.29, 0.717) is 27.8 Å². The molecule has 0 aliphatic rings. The standard InChI is InChI=1S/6C16H20N/c2*1-11-6-7-15(13(3)8-11)16-9-12(2)14(4)10-17(16)5;2*1-11-6-7-12(2)15(8-11)16-9-13(3)14(4)10-17(16)5;1-11-7-6-8-15(14(11)4)16-9-12(2)13(3)10-17(16)5;1-11-7-6-8-12(2)16(11)15-9-13(3)14(4)10-17(15)5/h6*6-10H,1-5H3/q6*+1/i1D3,4D3;;4D3;;3D3;. The van der Waals surface area contributed by atoms with Crippen LogP contribution in [0.4, 0.5) is 0 Å². The monoisotopic (exact) mass is 1370 g/mol. The fraction of sp³-hybridized carbons (Fsp3) is 0.312. The normalized spacial score (nSPS) is 12.9. The average molecular weight is 1370 g/mol. The quantitative estimate of drug-likeness (QED) is 0.148. The second-order valence-corrected chi connectivity index (χ2v) is 28.5. The highest BCUT2D eigenvalue weighted by Crippen LogP contribution is 2.30. The third kappa shape index (κ3) is 19.8. The van der Waals surface area contributed by atoms with Crippen molar-refractivity contribution in [3.8, 4) is 67.5 Å². The van der Waals surface area contributed by atoms with Crippen LogP contribution in [0.2, 0.25) is 0 Å². The fourth-order valence-electron chi connectivity index (χ4n) is 12.8. The van der Waals surface area contributed by atoms with Crippen LogP contribution >= 0.6 is 0 Å². The van der Waals surface area contributed by atoms with Gasteiger partial charge in [0.2, 0.25) is 34.2 Å². The van der Waals surface area contributed by atoms with Gasteiger partial charge < -0.3 is 0 Å². The molecule has 6 aromatic heterocycles. The lowest BCUT2D eigenvalue weighted by atomic mass is 9.97. The van der Waals surface area contributed by atoms with Gasteiger partial charge in [-0.15, -0.1) is 0 Å². The van der Waals surface area contributed by atoms with Crippen LogP contribution in [0, 0.1) is 166 Å². The summed E-state index contributed by atoms with van der Waals surface area (Å²) in [5.41, 5.74) is 39.4. The van der Waals surface area contributed by atoms with Gasteiger partial charge >= 0.3 is 0 Å². The largest absolute Gasteiger partial charge is 0.213 e. The predicted octanol–water partition coefficient (Wildman–Crippen LogP) is 20.5. The van der Waals surface area contributed by atoms with Gasteiger partial charge in [0.1, 0.15) is 42.3 Å². The van der Waals surface area contributed by atoms with Crippen molar-refractivity contribution >= 4 is 0 Å². The van der Waals surface area contributed by atoms with Gasteiger partial charge in [-0.1, -0.05) is 101 Å². The van der Waals surface area contributed by atoms with Crippen LogP contribution in [0.3, 0.4) is 0 Å². The lowest BCUT2D eigenvalue weighted by Crippen LogP contribution is -2.31. The van der Waals surface area contributed by atoms with E-state index in [-0.39, 0.29) is 0 Å². The van der Waals surface area contributed by atoms with E-state index in [0.717, 1.165) is 50.5 Å². The lowest BCUT2D eigenvalue weighted by Gasteiger charge is -2.09. The first-order chi connectivity index (χ1) is 52.8. The van der Waals surface area contributed by atoms with E-state index < -0.39 is 27.4 Å². The third-order valence-corrected chi connectivity index (χ3v) is 19.8. The molecule has 0 radical (unpaired) electrons. The predicted molar refractivity (Wildman–Crippen MR) is 432 cm³/mol. The summed E-state index contributed by atoms with van der Waals surface area (Å²) in [6, 6.07) is 49.9. The highest BCUT2D eigenvalue weighted by Gasteiger charge is 2.21. The van der Waals surface area contributed by atoms with Gasteiger partial charge in [0.05, 0.1) is 5.56 Å². The zero-order chi connectivity index (χ0) is 85.5. The Bertz CT molecular complexity index is 5440. The third-order valence-electron chi connectivity index (χ3n) is 19.8. The van der Waals surface area contributed by atoms with Crippen molar-refractivity contribution in [2.24, 2.45) is 42.3 Å². The highest BCUT2D eigenvalue weighted by molar-refractivity contribution is 5.68. The van der Waals surface area contributed by atoms with Crippen LogP contribution in [-0.4, -0.2) is 0 Å². The Balaban J connectivity index is 0.000000190. The molecule has 0 aliphatic heterocycles. The number of aromatic nitrogens is 6. The van der Waals surface area contributed by atoms with Crippen molar-refractivity contribution in [2.75, 3.05) is 0 Å². The molecule has 0 aliphatic carbocycles. The smallest absolute Gasteiger partial charge is 0.201 e. The van der Waals surface area contributed by atoms with E-state index in [4.69, 9.17) is 16.4 Å². The minimum atomic E-state index is -2.15. The summed E-state index contributed by atoms with van der Waals surface area (Å²) in [5.74, 6) is 0. The molecule has 12 rings (SSSR count). The maximum atomic E-state index is 7.58. The maximum Gasteiger partial charge on any atom is 0.213 e. The van der Waals surface area contributed by atoms with Crippen molar-refractivity contribution in [2.45, 2.75) is 166 Å². The number of nitrogens with zero attached hydrogens (tertiary/aromatic N) is 6. The second kappa shape index (κ2) is 34.7. The zero-order valence-electron chi connectivity index (χ0n) is 78.0. The summed E-state index contributed by atoms with van der Waals surface area (Å²) in [6.07, 6.45) is 11.7. The first-order valence-corrected chi connectivity index (χ1v) is 35.2. The number of hydrogen-bond acceptors (Lipinski definition) is 0. The molecule has 0 N–H and O–H groups in total. The van der Waals surface area contributed by atoms with Crippen molar-refractivity contribution in [3.63, 3.8) is 0 Å². The van der Waals surface area contributed by atoms with E-state index in [9.17, 15) is 0 Å². The molecular formula is C96H120N6+6. The van der Waals surface area contributed by atoms with Gasteiger partial charge in [-0.2, -0.15) is 0 Å². The van der Waals surface area contributed by atoms with Gasteiger partial charge in [0.15, 0.2) is 37.2 Å². The molecule has 6 aromatic carbocycles. The number of hydrogen-bond donors (Lipinski definition) is 0. The van der Waals surface area contributed by atoms with Crippen LogP contribution in [-0.2, 0) is 42.3 Å². The molecule has 102 heavy (non-hydrogen) atoms. The van der Waals surface area contributed by atoms with Crippen molar-refractivity contribution < 1.29 is 43.9 Å². The average Bonchev–Trinajstić information content (AvgIpc) is 0.788. The molecule has 0 saturated heterocycles. The van der Waals surface area contributed by atoms with Gasteiger partial charge in [-0.05, 0) is 274 Å². The fourth-order valence-corrected chi connectivity index (χ4v) is 12.8. The van der Waals surface area contributed by atoms with E-state index in [1.165, 1.54) is 123 Å². The molecule has 0 bridgehead atoms. The number of benzene rings is 6. The summed E-state index contributed by atoms with van der Waals surface area (Å²) in [5, 5.41) is 0. The van der Waals surface area contributed by atoms with Crippen LogP contribution < -0.4 is 27.4 Å². The van der Waals surface area contributed by atoms with E-state index >= 15 is 0 Å². The topological polar surface area (TPSA) is 23.3 Å². The summed E-state index contributed by atoms with van der Waals surface area (Å²) in [4.78, 5) is 0. The molecular weight excluding hydrogens is 1240 g/mol. The number of aryl methyl sites for hydroxylation is 29. The molecule has 0 amide bonds. The summed E-state index contributed by atoms with van der Waals surface area (Å²) in [6.45, 7) is 33.2. The Morgan fingerprint density at radius 2 is 0.480 bits per heavy atom. The minimum Gasteiger partial charge on any atom is -0.201 e. The van der Waals surface area contributed by atoms with Crippen LogP contribution in [0.1, 0.15) is 150 Å². The Kier molecular flexibility index (Phi) is 21.5. The van der Waals surface area contributed by atoms with Gasteiger partial charge in [-0.3, -0.25) is 0 Å². The molecule has 6 nitrogen and oxygen atoms in total. The van der Waals surface area contributed by atoms with Gasteiger partial charge in [-0.25, -0.2) is 27.4 Å². The van der Waals surface area contributed by atoms with E-state index in [2.05, 4.69) is 267 Å². The van der Waals surface area contributed by atoms with E-state index in [1.807, 2.05) is 68.3 Å². The van der Waals surface area contributed by atoms with E-state index in [1.54, 1.807) is 55.3 Å². The van der Waals surface area contributed by atoms with Gasteiger partial charge in [0.25, 0.3) is 0 Å². The molecule has 0 atom stereocenters. The molecule has 0 saturated carbocycles. The molecule has 6 heterocycles. The highest BCUT2D eigenvalue weighted by atomic mass is 14.9. The summed E-state index contributed by atoms with van der Waals surface area (Å²) >= 11 is 0. The van der Waals surface area contributed by atoms with Crippen molar-refractivity contribution in [1.29, 1.82) is 0 Å². The SMILES string of the molecule is Cc1cc(-c2c(C)cccc2C)[n+](C)cc1C.Cc1ccc(-c2cc(C)c(C)c[n+]2C)c(C)c1.Cc1ccc(C)c(-c2cc(C)c(C)c[n+]2C)c1.[2H]C([2H])([2H])c1c[n+](C)c(-c2cc(C)ccc2C)cc1C.[2H]C([2H])([2H])c1c[n+](C)c(-c2cccc(C)c2C)cc1C.[2H]C([2H])([2H])c1ccc(-c2cc(C)c(C([2H])([2H])[2H])c[n+]2C)c(C)c1. The second-order valence-electron chi connectivity index (χ2n) is 28.5. The number of rotatable bonds is 6. The first kappa shape index (κ1) is 63.2. The molecule has 0 unspecified atom stereocenters. The van der Waals surface area contributed by atoms with Crippen molar-refractivity contribution in [1.82, 2.24) is 0 Å². The summed E-state index contributed by atoms with van der Waals surface area (Å²) < 4.78 is 103. The Morgan fingerprint density at radius 1 is 0.196 bits per heavy atom. The summed E-state index contributed by atoms with van der Waals surface area (Å²) in [7, 11) is 11.9. The molecule has 0 spiro atoms. The Hall–Kier alpha value is -9.78. The van der Waals surface area contributed by atoms with Crippen LogP contribution in [0.5, 0.6) is 0 Å². The first-order valence-electron chi connectivity index (χ1n) is 41.2. The Morgan fingerprint density at radius 3 is 0.853 bits per heavy atom. The maximum absolute atomic E-state index is 7.58. The molecule has 12 aromatic rings. The molecule has 0 fully saturated rings.